The van der Waals surface area contributed by atoms with E-state index in [4.69, 9.17) is 83.0 Å². The topological polar surface area (TPSA) is 326 Å². The molecule has 28 heteroatoms. The first-order valence-electron chi connectivity index (χ1n) is 45.5. The predicted octanol–water partition coefficient (Wildman–Crippen LogP) is 8.81. The number of rotatable bonds is 18. The molecule has 0 spiro atoms. The Morgan fingerprint density at radius 1 is 0.473 bits per heavy atom. The van der Waals surface area contributed by atoms with Crippen molar-refractivity contribution in [1.82, 2.24) is 0 Å². The average Bonchev–Trinajstić information content (AvgIpc) is 1.53. The van der Waals surface area contributed by atoms with Crippen molar-refractivity contribution < 1.29 is 126 Å². The van der Waals surface area contributed by atoms with Gasteiger partial charge in [0.2, 0.25) is 0 Å². The molecule has 0 amide bonds. The fourth-order valence-electron chi connectivity index (χ4n) is 19.7. The van der Waals surface area contributed by atoms with Crippen LogP contribution < -0.4 is 49.1 Å². The minimum atomic E-state index is -2.52. The van der Waals surface area contributed by atoms with Crippen molar-refractivity contribution in [2.75, 3.05) is 67.1 Å². The second-order valence-corrected chi connectivity index (χ2v) is 49.9. The Morgan fingerprint density at radius 3 is 1.27 bits per heavy atom. The zero-order valence-electron chi connectivity index (χ0n) is 78.6. The molecule has 14 aliphatic rings. The molecule has 6 saturated heterocycles. The minimum absolute atomic E-state index is 0. The standard InChI is InChI=1S/C23H30O2Si.C22H28O2Si.C15H18O4.C14H16O4.C7H12O3.C7H12O2.C6H10O3.C6H10O2.CH3.Li.H2P2S/c1-22(2,3)26(20-13-7-5-8-14-20,21-15-9-6-10-16-21)25-18-19-12-11-17-23(19,4)24;1-22(2,3)25(19-12-6-4-7-13-19,20-14-8-5-9-15-20)24-17-18-11-10-16-21(18)23;1-15-10(7-12-13(15)18-12)8-17-14(19-15)9-3-5-11(16-2)6-4-9;1-15-10-4-2-8(3-5-10)14-16-7-9-6-11-13(17-11)12(9)18-14;1-7(9)4(3-8)2-5-6(7)10-5;1-7(9)4-2-3-6(7)5-8;7-2-3-1-4-6(9-4)5(3)8;7-4-5-2-1-3-6(5)8;;;1-2-3/h5-11,13-17,19,24H,12,18H2,1-4H3;4-10,12-16,18,21,23H,11,17H2,1-3H3;3-6,10,12-14H,7-8H2,1-2H3;2-5,9,11-14H,6-7H2,1H3;4-6,8-9H,2-3H2,1H3;2,4,6,8-9H,3,5H2,1H3;3-8H,1-2H2;1,3,5-8H,2,4H2;1H3;;1H2/q;;;;;;;;-1;+1;/p+1/t19-,23-;18-,21-;10-,12-,13-,14?,15+;9-,11-,12+,13-,14?;4-,5-,6-,7+;6-,7-;3-,4-,5+,6-;5-,6-;;;/m00000000.../s1/i/hT. The molecule has 4 unspecified atom stereocenters. The number of aliphatic hydroxyl groups excluding tert-OH is 7. The van der Waals surface area contributed by atoms with Crippen LogP contribution in [0.2, 0.25) is 10.1 Å². The number of epoxide rings is 4. The zero-order chi connectivity index (χ0) is 92.2. The smallest absolute Gasteiger partial charge is 0.497 e. The number of hydrogen-bond acceptors (Lipinski definition) is 23. The van der Waals surface area contributed by atoms with Gasteiger partial charge in [-0.1, -0.05) is 236 Å². The van der Waals surface area contributed by atoms with Crippen molar-refractivity contribution in [3.8, 4) is 11.5 Å². The van der Waals surface area contributed by atoms with Gasteiger partial charge in [0, 0.05) is 98.1 Å². The van der Waals surface area contributed by atoms with Crippen LogP contribution in [0.15, 0.2) is 218 Å². The second kappa shape index (κ2) is 46.7. The molecule has 129 heavy (non-hydrogen) atoms. The normalized spacial score (nSPS) is 34.8. The summed E-state index contributed by atoms with van der Waals surface area (Å²) < 4.78 is 75.8. The van der Waals surface area contributed by atoms with Crippen LogP contribution >= 0.6 is 15.9 Å². The Hall–Kier alpha value is -4.94. The Morgan fingerprint density at radius 2 is 0.899 bits per heavy atom. The van der Waals surface area contributed by atoms with Crippen LogP contribution in [0.25, 0.3) is 0 Å². The molecule has 6 aliphatic heterocycles. The molecule has 10 N–H and O–H groups in total. The molecular formula is C101H142LiO22P2SSi2+. The SMILES string of the molecule is CC(C)(C)[Si](OC[C@@H]1CC=C[C@@H]1O)(c1ccccc1)c1ccccc1.CC(C)(C)[Si](OC[C@@H]1CC=C[C@]1(C)O)(c1ccccc1)c1ccccc1.COc1ccc(C2OC[C@@H]3C[C@@H]4O[C@@H]4[C@@H]3O2)cc1.COc1ccc(C2OC[C@@H]3C[C@@H]4O[C@@H]4[C@]3(C)O2)cc1.C[C@@]1(O)[C@H](CO)C[C@@H]2O[C@@H]21.C[C@]1(O)C=CC[C@H]1CO.OC[C@@H]1CC=C[C@@H]1O.OC[C@@H]1C[C@@H]2O[C@@H]2[C@@H]1O.[3H][P+](P)=S.[CH3-].[Li+]. The summed E-state index contributed by atoms with van der Waals surface area (Å²) in [5.74, 6) is 3.10. The Kier molecular flexibility index (Phi) is 37.9. The van der Waals surface area contributed by atoms with E-state index in [-0.39, 0.29) is 153 Å². The van der Waals surface area contributed by atoms with E-state index in [1.54, 1.807) is 40.2 Å². The maximum atomic E-state index is 10.6. The molecule has 0 aromatic heterocycles. The quantitative estimate of drug-likeness (QED) is 0.0126. The molecule has 4 saturated carbocycles. The van der Waals surface area contributed by atoms with Gasteiger partial charge in [-0.2, -0.15) is 0 Å². The van der Waals surface area contributed by atoms with E-state index < -0.39 is 58.7 Å². The van der Waals surface area contributed by atoms with Gasteiger partial charge in [-0.25, -0.2) is 0 Å². The molecule has 20 rings (SSSR count). The van der Waals surface area contributed by atoms with Gasteiger partial charge in [0.15, 0.2) is 31.4 Å². The minimum Gasteiger partial charge on any atom is -0.497 e. The summed E-state index contributed by atoms with van der Waals surface area (Å²) in [6.07, 6.45) is 22.8. The maximum absolute atomic E-state index is 10.6. The van der Waals surface area contributed by atoms with E-state index >= 15 is 0 Å². The van der Waals surface area contributed by atoms with Crippen LogP contribution in [0.5, 0.6) is 11.5 Å². The van der Waals surface area contributed by atoms with Crippen LogP contribution in [0.3, 0.4) is 0 Å². The van der Waals surface area contributed by atoms with Gasteiger partial charge in [-0.15, -0.1) is 0 Å². The fraction of sp³-hybridized carbons (Fsp3) is 0.554. The molecule has 22 nitrogen and oxygen atoms in total. The molecule has 702 valence electrons. The van der Waals surface area contributed by atoms with Crippen molar-refractivity contribution in [1.29, 1.82) is 1.28 Å². The van der Waals surface area contributed by atoms with Gasteiger partial charge in [0.1, 0.15) is 41.5 Å². The number of methoxy groups -OCH3 is 2. The summed E-state index contributed by atoms with van der Waals surface area (Å²) in [5.41, 5.74) is -0.449. The summed E-state index contributed by atoms with van der Waals surface area (Å²) in [5, 5.41) is 97.9. The van der Waals surface area contributed by atoms with E-state index in [9.17, 15) is 25.5 Å². The Balaban J connectivity index is 0.000000158. The molecule has 0 radical (unpaired) electrons. The third kappa shape index (κ3) is 25.5. The predicted molar refractivity (Wildman–Crippen MR) is 511 cm³/mol. The maximum Gasteiger partial charge on any atom is 1.00 e. The third-order valence-electron chi connectivity index (χ3n) is 27.9. The van der Waals surface area contributed by atoms with Crippen LogP contribution in [-0.4, -0.2) is 232 Å². The van der Waals surface area contributed by atoms with Gasteiger partial charge in [-0.3, -0.25) is 0 Å². The Labute approximate surface area is 789 Å². The van der Waals surface area contributed by atoms with Crippen molar-refractivity contribution in [3.63, 3.8) is 0 Å². The van der Waals surface area contributed by atoms with E-state index in [2.05, 4.69) is 203 Å². The van der Waals surface area contributed by atoms with Crippen LogP contribution in [-0.2, 0) is 58.6 Å². The van der Waals surface area contributed by atoms with Gasteiger partial charge in [0.05, 0.1) is 102 Å². The first-order chi connectivity index (χ1) is 61.0. The average molecular weight is 1870 g/mol. The van der Waals surface area contributed by atoms with Crippen LogP contribution in [0, 0.1) is 54.8 Å². The Bertz CT molecular complexity index is 4500. The van der Waals surface area contributed by atoms with Crippen molar-refractivity contribution >= 4 is 65.1 Å². The summed E-state index contributed by atoms with van der Waals surface area (Å²) in [4.78, 5) is 0. The summed E-state index contributed by atoms with van der Waals surface area (Å²) in [6.45, 7) is 23.3. The number of aliphatic hydroxyl groups is 10. The number of benzene rings is 6. The number of ether oxygens (including phenoxy) is 10. The van der Waals surface area contributed by atoms with Gasteiger partial charge in [0.25, 0.3) is 16.6 Å². The number of allylic oxidation sites excluding steroid dienone is 4. The van der Waals surface area contributed by atoms with Crippen LogP contribution in [0.4, 0.5) is 0 Å². The number of hydrogen-bond donors (Lipinski definition) is 10. The largest absolute Gasteiger partial charge is 1.00 e. The van der Waals surface area contributed by atoms with Crippen molar-refractivity contribution in [3.05, 3.63) is 237 Å². The summed E-state index contributed by atoms with van der Waals surface area (Å²) in [7, 11) is 0.527. The molecule has 6 heterocycles. The van der Waals surface area contributed by atoms with E-state index in [1.807, 2.05) is 79.8 Å². The summed E-state index contributed by atoms with van der Waals surface area (Å²) >= 11 is 4.31. The monoisotopic (exact) mass is 1870 g/mol. The second-order valence-electron chi connectivity index (χ2n) is 38.6. The molecule has 0 bridgehead atoms. The van der Waals surface area contributed by atoms with E-state index in [0.717, 1.165) is 87.2 Å². The van der Waals surface area contributed by atoms with Gasteiger partial charge < -0.3 is 115 Å². The molecule has 10 fully saturated rings. The van der Waals surface area contributed by atoms with E-state index in [0.29, 0.717) is 43.4 Å². The fourth-order valence-corrected chi connectivity index (χ4v) is 28.9. The van der Waals surface area contributed by atoms with Crippen molar-refractivity contribution in [2.24, 2.45) is 47.3 Å². The van der Waals surface area contributed by atoms with Gasteiger partial charge in [-0.05, 0) is 134 Å². The molecule has 6 aromatic carbocycles. The first-order valence-corrected chi connectivity index (χ1v) is 52.4. The molecule has 28 atom stereocenters. The third-order valence-corrected chi connectivity index (χ3v) is 37.9. The summed E-state index contributed by atoms with van der Waals surface area (Å²) in [6, 6.07) is 58.3. The first kappa shape index (κ1) is 105. The molecule has 8 aliphatic carbocycles. The van der Waals surface area contributed by atoms with Crippen molar-refractivity contribution in [2.45, 2.75) is 239 Å². The molecule has 6 aromatic rings. The van der Waals surface area contributed by atoms with Gasteiger partial charge >= 0.3 is 20.1 Å². The molecular weight excluding hydrogens is 1720 g/mol. The number of fused-ring (bicyclic) bond motifs is 8. The van der Waals surface area contributed by atoms with E-state index in [1.165, 1.54) is 20.7 Å². The van der Waals surface area contributed by atoms with Crippen LogP contribution in [0.1, 0.15) is 144 Å². The zero-order valence-corrected chi connectivity index (χ0v) is 82.5.